The lowest BCUT2D eigenvalue weighted by Crippen LogP contribution is -2.31. The number of hydrogen-bond acceptors (Lipinski definition) is 7. The van der Waals surface area contributed by atoms with Crippen LogP contribution in [0.4, 0.5) is 5.82 Å². The predicted molar refractivity (Wildman–Crippen MR) is 144 cm³/mol. The molecule has 0 bridgehead atoms. The lowest BCUT2D eigenvalue weighted by atomic mass is 10.0. The van der Waals surface area contributed by atoms with Crippen LogP contribution >= 0.6 is 11.6 Å². The zero-order valence-corrected chi connectivity index (χ0v) is 22.3. The van der Waals surface area contributed by atoms with Crippen LogP contribution < -0.4 is 9.64 Å². The van der Waals surface area contributed by atoms with Gasteiger partial charge < -0.3 is 9.30 Å². The van der Waals surface area contributed by atoms with Crippen LogP contribution in [0.15, 0.2) is 48.7 Å². The fourth-order valence-electron chi connectivity index (χ4n) is 5.02. The van der Waals surface area contributed by atoms with Crippen molar-refractivity contribution in [2.24, 2.45) is 7.05 Å². The molecule has 0 aliphatic carbocycles. The minimum Gasteiger partial charge on any atom is -0.481 e. The molecule has 0 spiro atoms. The number of amides is 1. The van der Waals surface area contributed by atoms with E-state index >= 15 is 0 Å². The summed E-state index contributed by atoms with van der Waals surface area (Å²) in [6.07, 6.45) is 1.71. The number of carbonyl (C=O) groups excluding carboxylic acids is 1. The first-order valence-corrected chi connectivity index (χ1v) is 12.5. The number of pyridine rings is 2. The number of anilines is 1. The molecule has 192 valence electrons. The number of imidazole rings is 1. The first-order valence-electron chi connectivity index (χ1n) is 12.2. The maximum Gasteiger partial charge on any atom is 0.280 e. The summed E-state index contributed by atoms with van der Waals surface area (Å²) in [5, 5.41) is 8.94. The molecule has 38 heavy (non-hydrogen) atoms. The van der Waals surface area contributed by atoms with E-state index in [1.807, 2.05) is 43.3 Å². The van der Waals surface area contributed by atoms with Gasteiger partial charge in [-0.05, 0) is 56.2 Å². The van der Waals surface area contributed by atoms with E-state index in [4.69, 9.17) is 26.3 Å². The molecule has 5 heterocycles. The molecular weight excluding hydrogens is 504 g/mol. The number of halogens is 1. The lowest BCUT2D eigenvalue weighted by molar-refractivity contribution is 0.0989. The summed E-state index contributed by atoms with van der Waals surface area (Å²) in [4.78, 5) is 29.9. The molecule has 1 aromatic carbocycles. The van der Waals surface area contributed by atoms with Crippen molar-refractivity contribution in [3.63, 3.8) is 0 Å². The number of nitrogens with zero attached hydrogens (tertiary/aromatic N) is 8. The van der Waals surface area contributed by atoms with Crippen LogP contribution in [0.3, 0.4) is 0 Å². The molecule has 0 unspecified atom stereocenters. The SMILES string of the molecule is COc1ccc(-c2nc3c(n2C(C)C)[C@H](c2ccc(Cl)cc2)N(c2cc(C)c4nnn(C)c4n2)C3=O)cn1. The molecule has 1 amide bonds. The first kappa shape index (κ1) is 24.1. The zero-order valence-electron chi connectivity index (χ0n) is 21.5. The Morgan fingerprint density at radius 2 is 1.84 bits per heavy atom. The summed E-state index contributed by atoms with van der Waals surface area (Å²) in [5.74, 6) is 1.45. The number of carbonyl (C=O) groups is 1. The second-order valence-corrected chi connectivity index (χ2v) is 9.97. The van der Waals surface area contributed by atoms with E-state index in [0.29, 0.717) is 39.4 Å². The molecule has 4 aromatic heterocycles. The van der Waals surface area contributed by atoms with Crippen molar-refractivity contribution in [3.8, 4) is 17.3 Å². The Bertz CT molecular complexity index is 1690. The molecule has 1 aliphatic rings. The van der Waals surface area contributed by atoms with Crippen LogP contribution in [0, 0.1) is 6.92 Å². The molecule has 0 fully saturated rings. The Morgan fingerprint density at radius 1 is 1.08 bits per heavy atom. The van der Waals surface area contributed by atoms with E-state index < -0.39 is 6.04 Å². The van der Waals surface area contributed by atoms with Crippen molar-refractivity contribution >= 4 is 34.5 Å². The summed E-state index contributed by atoms with van der Waals surface area (Å²) in [5.41, 5.74) is 5.03. The molecule has 6 rings (SSSR count). The highest BCUT2D eigenvalue weighted by Crippen LogP contribution is 2.44. The molecule has 0 radical (unpaired) electrons. The Hall–Kier alpha value is -4.31. The van der Waals surface area contributed by atoms with Gasteiger partial charge in [-0.25, -0.2) is 19.6 Å². The van der Waals surface area contributed by atoms with Gasteiger partial charge in [0.2, 0.25) is 5.88 Å². The van der Waals surface area contributed by atoms with E-state index in [0.717, 1.165) is 22.4 Å². The molecule has 0 saturated heterocycles. The fraction of sp³-hybridized carbons (Fsp3) is 0.259. The maximum absolute atomic E-state index is 14.1. The number of methoxy groups -OCH3 is 1. The van der Waals surface area contributed by atoms with Crippen molar-refractivity contribution < 1.29 is 9.53 Å². The first-order chi connectivity index (χ1) is 18.3. The number of hydrogen-bond donors (Lipinski definition) is 0. The highest BCUT2D eigenvalue weighted by atomic mass is 35.5. The molecule has 0 N–H and O–H groups in total. The molecule has 1 aliphatic heterocycles. The molecule has 0 saturated carbocycles. The van der Waals surface area contributed by atoms with Gasteiger partial charge in [0.1, 0.15) is 23.2 Å². The molecule has 1 atom stereocenters. The van der Waals surface area contributed by atoms with Gasteiger partial charge in [-0.15, -0.1) is 5.10 Å². The van der Waals surface area contributed by atoms with Crippen LogP contribution in [-0.2, 0) is 7.05 Å². The van der Waals surface area contributed by atoms with Crippen molar-refractivity contribution in [1.82, 2.24) is 34.5 Å². The third-order valence-electron chi connectivity index (χ3n) is 6.78. The van der Waals surface area contributed by atoms with Crippen molar-refractivity contribution in [2.45, 2.75) is 32.9 Å². The highest BCUT2D eigenvalue weighted by molar-refractivity contribution is 6.30. The van der Waals surface area contributed by atoms with Crippen molar-refractivity contribution in [1.29, 1.82) is 0 Å². The van der Waals surface area contributed by atoms with Crippen LogP contribution in [-0.4, -0.2) is 47.5 Å². The predicted octanol–water partition coefficient (Wildman–Crippen LogP) is 4.92. The van der Waals surface area contributed by atoms with Gasteiger partial charge in [0, 0.05) is 35.9 Å². The number of rotatable bonds is 5. The van der Waals surface area contributed by atoms with Gasteiger partial charge in [0.25, 0.3) is 5.91 Å². The quantitative estimate of drug-likeness (QED) is 0.319. The van der Waals surface area contributed by atoms with Gasteiger partial charge >= 0.3 is 0 Å². The van der Waals surface area contributed by atoms with Crippen LogP contribution in [0.25, 0.3) is 22.6 Å². The summed E-state index contributed by atoms with van der Waals surface area (Å²) in [6.45, 7) is 6.09. The Balaban J connectivity index is 1.59. The summed E-state index contributed by atoms with van der Waals surface area (Å²) < 4.78 is 8.94. The highest BCUT2D eigenvalue weighted by Gasteiger charge is 2.45. The third kappa shape index (κ3) is 3.63. The van der Waals surface area contributed by atoms with Gasteiger partial charge in [0.15, 0.2) is 11.3 Å². The Kier molecular flexibility index (Phi) is 5.64. The minimum absolute atomic E-state index is 0.00403. The number of aryl methyl sites for hydroxylation is 2. The molecule has 11 heteroatoms. The second-order valence-electron chi connectivity index (χ2n) is 9.53. The summed E-state index contributed by atoms with van der Waals surface area (Å²) >= 11 is 6.24. The Labute approximate surface area is 223 Å². The third-order valence-corrected chi connectivity index (χ3v) is 7.03. The smallest absolute Gasteiger partial charge is 0.280 e. The fourth-order valence-corrected chi connectivity index (χ4v) is 5.15. The van der Waals surface area contributed by atoms with Crippen LogP contribution in [0.1, 0.15) is 53.2 Å². The zero-order chi connectivity index (χ0) is 26.7. The number of aromatic nitrogens is 7. The number of ether oxygens (including phenoxy) is 1. The standard InChI is InChI=1S/C27H25ClN8O2/c1-14(2)35-24-22(31-25(35)17-8-11-20(38-5)29-13-17)27(37)36(23(24)16-6-9-18(28)10-7-16)19-12-15(3)21-26(30-19)34(4)33-32-21/h6-14,23H,1-5H3/t23-/m0/s1. The van der Waals surface area contributed by atoms with Crippen molar-refractivity contribution in [2.75, 3.05) is 12.0 Å². The maximum atomic E-state index is 14.1. The minimum atomic E-state index is -0.477. The van der Waals surface area contributed by atoms with E-state index in [2.05, 4.69) is 33.7 Å². The topological polar surface area (TPSA) is 104 Å². The van der Waals surface area contributed by atoms with Crippen LogP contribution in [0.5, 0.6) is 5.88 Å². The normalized spacial score (nSPS) is 15.1. The summed E-state index contributed by atoms with van der Waals surface area (Å²) in [6, 6.07) is 12.6. The second kappa shape index (κ2) is 8.91. The summed E-state index contributed by atoms with van der Waals surface area (Å²) in [7, 11) is 3.36. The van der Waals surface area contributed by atoms with Gasteiger partial charge in [-0.2, -0.15) is 0 Å². The van der Waals surface area contributed by atoms with E-state index in [1.165, 1.54) is 0 Å². The number of fused-ring (bicyclic) bond motifs is 2. The van der Waals surface area contributed by atoms with Crippen molar-refractivity contribution in [3.05, 3.63) is 76.2 Å². The van der Waals surface area contributed by atoms with E-state index in [9.17, 15) is 4.79 Å². The van der Waals surface area contributed by atoms with Gasteiger partial charge in [-0.3, -0.25) is 9.69 Å². The largest absolute Gasteiger partial charge is 0.481 e. The van der Waals surface area contributed by atoms with Gasteiger partial charge in [-0.1, -0.05) is 28.9 Å². The molecular formula is C27H25ClN8O2. The monoisotopic (exact) mass is 528 g/mol. The van der Waals surface area contributed by atoms with E-state index in [1.54, 1.807) is 36.0 Å². The van der Waals surface area contributed by atoms with Crippen LogP contribution in [0.2, 0.25) is 5.02 Å². The molecule has 5 aromatic rings. The van der Waals surface area contributed by atoms with E-state index in [-0.39, 0.29) is 11.9 Å². The number of benzene rings is 1. The molecule has 10 nitrogen and oxygen atoms in total. The lowest BCUT2D eigenvalue weighted by Gasteiger charge is -2.28. The van der Waals surface area contributed by atoms with Gasteiger partial charge in [0.05, 0.1) is 12.8 Å². The average molecular weight is 529 g/mol. The Morgan fingerprint density at radius 3 is 2.50 bits per heavy atom. The average Bonchev–Trinajstić information content (AvgIpc) is 3.56.